The summed E-state index contributed by atoms with van der Waals surface area (Å²) in [6.45, 7) is 1.92. The van der Waals surface area contributed by atoms with Gasteiger partial charge in [-0.25, -0.2) is 9.59 Å². The molecule has 0 spiro atoms. The second-order valence-corrected chi connectivity index (χ2v) is 4.01. The third-order valence-electron chi connectivity index (χ3n) is 2.62. The number of amides is 1. The van der Waals surface area contributed by atoms with E-state index < -0.39 is 12.1 Å². The monoisotopic (exact) mass is 293 g/mol. The topological polar surface area (TPSA) is 73.9 Å². The molecule has 0 aliphatic heterocycles. The molecule has 114 valence electrons. The number of carbonyl (C=O) groups excluding carboxylic acids is 2. The van der Waals surface area contributed by atoms with E-state index in [-0.39, 0.29) is 12.3 Å². The fourth-order valence-electron chi connectivity index (χ4n) is 1.54. The highest BCUT2D eigenvalue weighted by Gasteiger charge is 2.13. The highest BCUT2D eigenvalue weighted by Crippen LogP contribution is 2.12. The van der Waals surface area contributed by atoms with Crippen LogP contribution in [-0.2, 0) is 20.7 Å². The van der Waals surface area contributed by atoms with Gasteiger partial charge in [-0.15, -0.1) is 0 Å². The van der Waals surface area contributed by atoms with Crippen molar-refractivity contribution in [2.24, 2.45) is 0 Å². The average Bonchev–Trinajstić information content (AvgIpc) is 2.51. The van der Waals surface area contributed by atoms with Gasteiger partial charge in [-0.05, 0) is 37.1 Å². The van der Waals surface area contributed by atoms with Crippen molar-refractivity contribution in [1.82, 2.24) is 5.32 Å². The number of rotatable bonds is 6. The van der Waals surface area contributed by atoms with Crippen LogP contribution in [0.3, 0.4) is 0 Å². The van der Waals surface area contributed by atoms with Gasteiger partial charge in [0.15, 0.2) is 0 Å². The standard InChI is InChI=1S/C15H19NO5/c1-4-21-14(17)13(16-15(18)20-3)10-7-11-5-8-12(19-2)9-6-11/h5-6,8-10H,4,7H2,1-3H3,(H,16,18)/b13-10+. The Kier molecular flexibility index (Phi) is 6.80. The molecule has 1 aromatic carbocycles. The fourth-order valence-corrected chi connectivity index (χ4v) is 1.54. The lowest BCUT2D eigenvalue weighted by molar-refractivity contribution is -0.138. The molecule has 0 heterocycles. The number of methoxy groups -OCH3 is 2. The lowest BCUT2D eigenvalue weighted by Gasteiger charge is -2.08. The first-order valence-electron chi connectivity index (χ1n) is 6.45. The molecule has 0 atom stereocenters. The maximum Gasteiger partial charge on any atom is 0.411 e. The van der Waals surface area contributed by atoms with E-state index in [0.717, 1.165) is 11.3 Å². The Hall–Kier alpha value is -2.50. The predicted octanol–water partition coefficient (Wildman–Crippen LogP) is 2.04. The third-order valence-corrected chi connectivity index (χ3v) is 2.62. The maximum absolute atomic E-state index is 11.7. The Morgan fingerprint density at radius 3 is 2.38 bits per heavy atom. The number of allylic oxidation sites excluding steroid dienone is 1. The van der Waals surface area contributed by atoms with E-state index in [4.69, 9.17) is 9.47 Å². The van der Waals surface area contributed by atoms with Gasteiger partial charge in [-0.1, -0.05) is 12.1 Å². The molecule has 0 radical (unpaired) electrons. The van der Waals surface area contributed by atoms with Crippen molar-refractivity contribution < 1.29 is 23.8 Å². The van der Waals surface area contributed by atoms with Crippen molar-refractivity contribution in [2.45, 2.75) is 13.3 Å². The first-order chi connectivity index (χ1) is 10.1. The van der Waals surface area contributed by atoms with E-state index in [1.807, 2.05) is 24.3 Å². The normalized spacial score (nSPS) is 10.7. The number of benzene rings is 1. The summed E-state index contributed by atoms with van der Waals surface area (Å²) in [6.07, 6.45) is 1.32. The number of nitrogens with one attached hydrogen (secondary N) is 1. The van der Waals surface area contributed by atoms with E-state index >= 15 is 0 Å². The minimum Gasteiger partial charge on any atom is -0.497 e. The van der Waals surface area contributed by atoms with Gasteiger partial charge in [0, 0.05) is 0 Å². The average molecular weight is 293 g/mol. The molecule has 0 bridgehead atoms. The zero-order valence-corrected chi connectivity index (χ0v) is 12.3. The summed E-state index contributed by atoms with van der Waals surface area (Å²) in [5.74, 6) is 0.150. The van der Waals surface area contributed by atoms with Crippen LogP contribution in [0.2, 0.25) is 0 Å². The van der Waals surface area contributed by atoms with E-state index in [2.05, 4.69) is 10.1 Å². The molecule has 0 saturated heterocycles. The molecular formula is C15H19NO5. The quantitative estimate of drug-likeness (QED) is 0.642. The molecule has 1 N–H and O–H groups in total. The highest BCUT2D eigenvalue weighted by molar-refractivity contribution is 5.92. The van der Waals surface area contributed by atoms with Gasteiger partial charge in [0.25, 0.3) is 0 Å². The summed E-state index contributed by atoms with van der Waals surface area (Å²) in [6, 6.07) is 7.38. The Morgan fingerprint density at radius 1 is 1.19 bits per heavy atom. The van der Waals surface area contributed by atoms with Crippen molar-refractivity contribution in [1.29, 1.82) is 0 Å². The molecule has 6 heteroatoms. The molecule has 21 heavy (non-hydrogen) atoms. The minimum absolute atomic E-state index is 0.0551. The smallest absolute Gasteiger partial charge is 0.411 e. The first-order valence-corrected chi connectivity index (χ1v) is 6.45. The second-order valence-electron chi connectivity index (χ2n) is 4.01. The zero-order valence-electron chi connectivity index (χ0n) is 12.3. The van der Waals surface area contributed by atoms with E-state index in [1.54, 1.807) is 20.1 Å². The number of alkyl carbamates (subject to hydrolysis) is 1. The number of hydrogen-bond acceptors (Lipinski definition) is 5. The van der Waals surface area contributed by atoms with Crippen LogP contribution in [-0.4, -0.2) is 32.9 Å². The summed E-state index contributed by atoms with van der Waals surface area (Å²) in [4.78, 5) is 23.0. The molecule has 0 aliphatic carbocycles. The van der Waals surface area contributed by atoms with Crippen LogP contribution in [0.1, 0.15) is 12.5 Å². The van der Waals surface area contributed by atoms with Crippen molar-refractivity contribution in [3.05, 3.63) is 41.6 Å². The molecule has 1 aromatic rings. The van der Waals surface area contributed by atoms with E-state index in [1.165, 1.54) is 7.11 Å². The Bertz CT molecular complexity index is 507. The minimum atomic E-state index is -0.718. The van der Waals surface area contributed by atoms with Crippen LogP contribution in [0.25, 0.3) is 0 Å². The van der Waals surface area contributed by atoms with Crippen molar-refractivity contribution >= 4 is 12.1 Å². The summed E-state index contributed by atoms with van der Waals surface area (Å²) >= 11 is 0. The van der Waals surface area contributed by atoms with Crippen LogP contribution in [0.5, 0.6) is 5.75 Å². The van der Waals surface area contributed by atoms with Gasteiger partial charge >= 0.3 is 12.1 Å². The first kappa shape index (κ1) is 16.6. The molecule has 0 aromatic heterocycles. The summed E-state index contributed by atoms with van der Waals surface area (Å²) < 4.78 is 14.4. The van der Waals surface area contributed by atoms with Gasteiger partial charge < -0.3 is 14.2 Å². The van der Waals surface area contributed by atoms with Crippen LogP contribution < -0.4 is 10.1 Å². The maximum atomic E-state index is 11.7. The summed E-state index contributed by atoms with van der Waals surface area (Å²) in [7, 11) is 2.82. The third kappa shape index (κ3) is 5.56. The number of ether oxygens (including phenoxy) is 3. The molecular weight excluding hydrogens is 274 g/mol. The van der Waals surface area contributed by atoms with Crippen LogP contribution in [0.4, 0.5) is 4.79 Å². The molecule has 0 saturated carbocycles. The fraction of sp³-hybridized carbons (Fsp3) is 0.333. The lowest BCUT2D eigenvalue weighted by atomic mass is 10.1. The highest BCUT2D eigenvalue weighted by atomic mass is 16.5. The van der Waals surface area contributed by atoms with Gasteiger partial charge in [0.05, 0.1) is 20.8 Å². The van der Waals surface area contributed by atoms with Gasteiger partial charge in [-0.2, -0.15) is 0 Å². The second kappa shape index (κ2) is 8.63. The van der Waals surface area contributed by atoms with Crippen LogP contribution in [0.15, 0.2) is 36.0 Å². The van der Waals surface area contributed by atoms with Gasteiger partial charge in [0.1, 0.15) is 11.4 Å². The Morgan fingerprint density at radius 2 is 1.86 bits per heavy atom. The van der Waals surface area contributed by atoms with Gasteiger partial charge in [0.2, 0.25) is 0 Å². The summed E-state index contributed by atoms with van der Waals surface area (Å²) in [5, 5.41) is 2.34. The number of carbonyl (C=O) groups is 2. The molecule has 0 fully saturated rings. The van der Waals surface area contributed by atoms with Crippen molar-refractivity contribution in [3.63, 3.8) is 0 Å². The van der Waals surface area contributed by atoms with Crippen molar-refractivity contribution in [3.8, 4) is 5.75 Å². The molecule has 0 unspecified atom stereocenters. The number of hydrogen-bond donors (Lipinski definition) is 1. The number of esters is 1. The van der Waals surface area contributed by atoms with Crippen LogP contribution in [0, 0.1) is 0 Å². The largest absolute Gasteiger partial charge is 0.497 e. The Balaban J connectivity index is 2.80. The van der Waals surface area contributed by atoms with E-state index in [9.17, 15) is 9.59 Å². The van der Waals surface area contributed by atoms with Crippen LogP contribution >= 0.6 is 0 Å². The molecule has 1 amide bonds. The molecule has 1 rings (SSSR count). The molecule has 6 nitrogen and oxygen atoms in total. The summed E-state index contributed by atoms with van der Waals surface area (Å²) in [5.41, 5.74) is 1.02. The predicted molar refractivity (Wildman–Crippen MR) is 77.0 cm³/mol. The Labute approximate surface area is 123 Å². The van der Waals surface area contributed by atoms with Crippen molar-refractivity contribution in [2.75, 3.05) is 20.8 Å². The molecule has 0 aliphatic rings. The van der Waals surface area contributed by atoms with E-state index in [0.29, 0.717) is 6.42 Å². The van der Waals surface area contributed by atoms with Gasteiger partial charge in [-0.3, -0.25) is 5.32 Å². The zero-order chi connectivity index (χ0) is 15.7. The SMILES string of the molecule is CCOC(=O)/C(=C\Cc1ccc(OC)cc1)NC(=O)OC. The lowest BCUT2D eigenvalue weighted by Crippen LogP contribution is -2.28.